The second kappa shape index (κ2) is 8.19. The predicted octanol–water partition coefficient (Wildman–Crippen LogP) is 4.30. The van der Waals surface area contributed by atoms with Crippen molar-refractivity contribution in [2.45, 2.75) is 25.8 Å². The first-order chi connectivity index (χ1) is 15.9. The molecule has 0 saturated carbocycles. The monoisotopic (exact) mass is 452 g/mol. The van der Waals surface area contributed by atoms with Gasteiger partial charge < -0.3 is 9.30 Å². The van der Waals surface area contributed by atoms with Crippen molar-refractivity contribution in [3.05, 3.63) is 82.8 Å². The van der Waals surface area contributed by atoms with Crippen molar-refractivity contribution in [3.63, 3.8) is 0 Å². The molecule has 1 aromatic carbocycles. The molecule has 0 saturated heterocycles. The number of hydrogen-bond donors (Lipinski definition) is 0. The van der Waals surface area contributed by atoms with Gasteiger partial charge in [0.2, 0.25) is 5.88 Å². The molecular formula is C23H19F3N6O. The fourth-order valence-corrected chi connectivity index (χ4v) is 3.95. The van der Waals surface area contributed by atoms with Crippen LogP contribution < -0.4 is 4.74 Å². The van der Waals surface area contributed by atoms with Crippen LogP contribution in [0.1, 0.15) is 40.9 Å². The van der Waals surface area contributed by atoms with E-state index < -0.39 is 23.4 Å². The molecule has 1 atom stereocenters. The Kier molecular flexibility index (Phi) is 5.20. The lowest BCUT2D eigenvalue weighted by Crippen LogP contribution is -2.04. The molecule has 0 aliphatic carbocycles. The highest BCUT2D eigenvalue weighted by Crippen LogP contribution is 2.35. The van der Waals surface area contributed by atoms with Crippen LogP contribution in [0.3, 0.4) is 0 Å². The molecule has 0 spiro atoms. The largest absolute Gasteiger partial charge is 0.479 e. The third-order valence-electron chi connectivity index (χ3n) is 5.52. The van der Waals surface area contributed by atoms with Gasteiger partial charge in [0, 0.05) is 30.3 Å². The van der Waals surface area contributed by atoms with Crippen LogP contribution in [0.4, 0.5) is 13.2 Å². The molecule has 5 rings (SSSR count). The number of rotatable bonds is 5. The van der Waals surface area contributed by atoms with Gasteiger partial charge in [-0.05, 0) is 43.7 Å². The molecule has 4 heterocycles. The summed E-state index contributed by atoms with van der Waals surface area (Å²) in [5.74, 6) is -2.23. The summed E-state index contributed by atoms with van der Waals surface area (Å²) in [7, 11) is 1.54. The van der Waals surface area contributed by atoms with Gasteiger partial charge in [-0.25, -0.2) is 32.8 Å². The van der Waals surface area contributed by atoms with Gasteiger partial charge in [0.15, 0.2) is 17.5 Å². The van der Waals surface area contributed by atoms with Crippen LogP contribution in [0.15, 0.2) is 36.8 Å². The van der Waals surface area contributed by atoms with Crippen LogP contribution in [0, 0.1) is 24.4 Å². The Bertz CT molecular complexity index is 1380. The lowest BCUT2D eigenvalue weighted by Gasteiger charge is -2.10. The Balaban J connectivity index is 1.40. The molecule has 10 heteroatoms. The number of hydrogen-bond acceptors (Lipinski definition) is 5. The van der Waals surface area contributed by atoms with E-state index in [0.29, 0.717) is 42.3 Å². The van der Waals surface area contributed by atoms with Crippen molar-refractivity contribution < 1.29 is 17.9 Å². The molecule has 1 aliphatic rings. The van der Waals surface area contributed by atoms with E-state index in [1.165, 1.54) is 0 Å². The Morgan fingerprint density at radius 2 is 1.88 bits per heavy atom. The van der Waals surface area contributed by atoms with E-state index in [1.54, 1.807) is 30.3 Å². The number of aromatic nitrogens is 6. The zero-order valence-corrected chi connectivity index (χ0v) is 17.8. The Labute approximate surface area is 187 Å². The predicted molar refractivity (Wildman–Crippen MR) is 114 cm³/mol. The number of nitrogens with zero attached hydrogens (tertiary/aromatic N) is 6. The van der Waals surface area contributed by atoms with Crippen molar-refractivity contribution in [1.82, 2.24) is 29.3 Å². The SMILES string of the molecule is COc1nc(C=Cc2nc3n(n2)CC[C@H]3c2cc(F)c(F)cc2F)ccc1-n1cnc(C)c1. The molecule has 3 aromatic heterocycles. The summed E-state index contributed by atoms with van der Waals surface area (Å²) in [6.07, 6.45) is 7.50. The average molecular weight is 452 g/mol. The van der Waals surface area contributed by atoms with E-state index in [2.05, 4.69) is 20.1 Å². The van der Waals surface area contributed by atoms with Crippen molar-refractivity contribution >= 4 is 12.2 Å². The molecule has 0 bridgehead atoms. The van der Waals surface area contributed by atoms with Crippen LogP contribution in [0.5, 0.6) is 5.88 Å². The summed E-state index contributed by atoms with van der Waals surface area (Å²) >= 11 is 0. The maximum Gasteiger partial charge on any atom is 0.238 e. The van der Waals surface area contributed by atoms with Crippen molar-refractivity contribution in [2.75, 3.05) is 7.11 Å². The molecular weight excluding hydrogens is 433 g/mol. The van der Waals surface area contributed by atoms with Crippen molar-refractivity contribution in [1.29, 1.82) is 0 Å². The summed E-state index contributed by atoms with van der Waals surface area (Å²) in [6.45, 7) is 2.40. The number of methoxy groups -OCH3 is 1. The van der Waals surface area contributed by atoms with Crippen LogP contribution in [-0.4, -0.2) is 36.4 Å². The number of benzene rings is 1. The third kappa shape index (κ3) is 3.88. The molecule has 4 aromatic rings. The van der Waals surface area contributed by atoms with E-state index in [1.807, 2.05) is 29.8 Å². The van der Waals surface area contributed by atoms with Crippen LogP contribution in [0.25, 0.3) is 17.8 Å². The van der Waals surface area contributed by atoms with E-state index in [-0.39, 0.29) is 5.56 Å². The average Bonchev–Trinajstić information content (AvgIpc) is 3.50. The van der Waals surface area contributed by atoms with Crippen LogP contribution >= 0.6 is 0 Å². The number of pyridine rings is 1. The van der Waals surface area contributed by atoms with Gasteiger partial charge in [0.25, 0.3) is 0 Å². The molecule has 7 nitrogen and oxygen atoms in total. The second-order valence-electron chi connectivity index (χ2n) is 7.70. The third-order valence-corrected chi connectivity index (χ3v) is 5.52. The molecule has 1 aliphatic heterocycles. The highest BCUT2D eigenvalue weighted by atomic mass is 19.2. The molecule has 0 N–H and O–H groups in total. The molecule has 168 valence electrons. The molecule has 0 unspecified atom stereocenters. The Hall–Kier alpha value is -3.95. The normalized spacial score (nSPS) is 15.4. The van der Waals surface area contributed by atoms with E-state index in [0.717, 1.165) is 17.4 Å². The smallest absolute Gasteiger partial charge is 0.238 e. The Morgan fingerprint density at radius 3 is 2.64 bits per heavy atom. The van der Waals surface area contributed by atoms with Gasteiger partial charge in [-0.1, -0.05) is 0 Å². The number of aryl methyl sites for hydroxylation is 2. The standard InChI is InChI=1S/C23H19F3N6O/c1-13-11-31(12-27-13)20-5-3-14(28-23(20)33-2)4-6-21-29-22-15(7-8-32(22)30-21)16-9-18(25)19(26)10-17(16)24/h3-6,9-12,15H,7-8H2,1-2H3/t15-/m0/s1. The van der Waals surface area contributed by atoms with E-state index >= 15 is 0 Å². The fourth-order valence-electron chi connectivity index (χ4n) is 3.95. The molecule has 33 heavy (non-hydrogen) atoms. The summed E-state index contributed by atoms with van der Waals surface area (Å²) in [6, 6.07) is 5.16. The zero-order valence-electron chi connectivity index (χ0n) is 17.8. The van der Waals surface area contributed by atoms with Gasteiger partial charge in [-0.15, -0.1) is 0 Å². The van der Waals surface area contributed by atoms with Gasteiger partial charge in [-0.3, -0.25) is 0 Å². The number of ether oxygens (including phenoxy) is 1. The van der Waals surface area contributed by atoms with Crippen molar-refractivity contribution in [3.8, 4) is 11.6 Å². The molecule has 0 amide bonds. The highest BCUT2D eigenvalue weighted by Gasteiger charge is 2.30. The highest BCUT2D eigenvalue weighted by molar-refractivity contribution is 5.65. The summed E-state index contributed by atoms with van der Waals surface area (Å²) in [4.78, 5) is 13.2. The lowest BCUT2D eigenvalue weighted by atomic mass is 9.96. The first kappa shape index (κ1) is 20.9. The van der Waals surface area contributed by atoms with Crippen molar-refractivity contribution in [2.24, 2.45) is 0 Å². The first-order valence-corrected chi connectivity index (χ1v) is 10.3. The van der Waals surface area contributed by atoms with Gasteiger partial charge >= 0.3 is 0 Å². The number of imidazole rings is 1. The van der Waals surface area contributed by atoms with Gasteiger partial charge in [0.1, 0.15) is 17.3 Å². The minimum Gasteiger partial charge on any atom is -0.479 e. The molecule has 0 fully saturated rings. The first-order valence-electron chi connectivity index (χ1n) is 10.3. The Morgan fingerprint density at radius 1 is 1.06 bits per heavy atom. The topological polar surface area (TPSA) is 70.7 Å². The van der Waals surface area contributed by atoms with Gasteiger partial charge in [-0.2, -0.15) is 5.10 Å². The summed E-state index contributed by atoms with van der Waals surface area (Å²) in [5, 5.41) is 4.42. The fraction of sp³-hybridized carbons (Fsp3) is 0.217. The second-order valence-corrected chi connectivity index (χ2v) is 7.70. The van der Waals surface area contributed by atoms with Crippen LogP contribution in [-0.2, 0) is 6.54 Å². The van der Waals surface area contributed by atoms with E-state index in [9.17, 15) is 13.2 Å². The zero-order chi connectivity index (χ0) is 23.1. The number of fused-ring (bicyclic) bond motifs is 1. The maximum absolute atomic E-state index is 14.3. The van der Waals surface area contributed by atoms with Crippen LogP contribution in [0.2, 0.25) is 0 Å². The van der Waals surface area contributed by atoms with Gasteiger partial charge in [0.05, 0.1) is 24.8 Å². The minimum atomic E-state index is -1.21. The number of halogens is 3. The molecule has 0 radical (unpaired) electrons. The quantitative estimate of drug-likeness (QED) is 0.423. The lowest BCUT2D eigenvalue weighted by molar-refractivity contribution is 0.395. The summed E-state index contributed by atoms with van der Waals surface area (Å²) in [5.41, 5.74) is 2.34. The van der Waals surface area contributed by atoms with E-state index in [4.69, 9.17) is 4.74 Å². The minimum absolute atomic E-state index is 0.0762. The maximum atomic E-state index is 14.3. The summed E-state index contributed by atoms with van der Waals surface area (Å²) < 4.78 is 50.2.